The minimum Gasteiger partial charge on any atom is -0.354 e. The molecule has 25 heavy (non-hydrogen) atoms. The average Bonchev–Trinajstić information content (AvgIpc) is 3.19. The second-order valence-electron chi connectivity index (χ2n) is 5.50. The number of hydrogen-bond acceptors (Lipinski definition) is 6. The number of carbonyl (C=O) groups excluding carboxylic acids is 1. The molecule has 0 aliphatic rings. The summed E-state index contributed by atoms with van der Waals surface area (Å²) in [5.41, 5.74) is 1.57. The van der Waals surface area contributed by atoms with Gasteiger partial charge in [0.2, 0.25) is 5.95 Å². The summed E-state index contributed by atoms with van der Waals surface area (Å²) >= 11 is 1.64. The van der Waals surface area contributed by atoms with E-state index < -0.39 is 0 Å². The third-order valence-corrected chi connectivity index (χ3v) is 4.42. The van der Waals surface area contributed by atoms with Crippen molar-refractivity contribution in [3.63, 3.8) is 0 Å². The van der Waals surface area contributed by atoms with Gasteiger partial charge in [-0.1, -0.05) is 0 Å². The molecule has 0 aromatic carbocycles. The van der Waals surface area contributed by atoms with E-state index in [1.807, 2.05) is 19.1 Å². The molecule has 0 fully saturated rings. The van der Waals surface area contributed by atoms with E-state index >= 15 is 0 Å². The molecule has 4 N–H and O–H groups in total. The van der Waals surface area contributed by atoms with E-state index in [0.717, 1.165) is 10.6 Å². The predicted octanol–water partition coefficient (Wildman–Crippen LogP) is 1.68. The fraction of sp³-hybridized carbons (Fsp3) is 0.250. The number of carbonyl (C=O) groups is 1. The van der Waals surface area contributed by atoms with Crippen LogP contribution in [-0.2, 0) is 0 Å². The van der Waals surface area contributed by atoms with Crippen LogP contribution in [0.5, 0.6) is 0 Å². The molecule has 0 atom stereocenters. The van der Waals surface area contributed by atoms with E-state index in [0.29, 0.717) is 30.4 Å². The maximum Gasteiger partial charge on any atom is 0.271 e. The second kappa shape index (κ2) is 7.31. The first kappa shape index (κ1) is 16.9. The molecule has 8 nitrogen and oxygen atoms in total. The minimum absolute atomic E-state index is 0.216. The van der Waals surface area contributed by atoms with Gasteiger partial charge in [0.25, 0.3) is 11.5 Å². The van der Waals surface area contributed by atoms with Gasteiger partial charge in [0.05, 0.1) is 10.6 Å². The zero-order valence-electron chi connectivity index (χ0n) is 13.8. The highest BCUT2D eigenvalue weighted by molar-refractivity contribution is 7.15. The van der Waals surface area contributed by atoms with Gasteiger partial charge in [0, 0.05) is 29.7 Å². The molecule has 0 bridgehead atoms. The van der Waals surface area contributed by atoms with Crippen LogP contribution in [0.15, 0.2) is 29.1 Å². The van der Waals surface area contributed by atoms with E-state index in [4.69, 9.17) is 0 Å². The highest BCUT2D eigenvalue weighted by Gasteiger charge is 2.11. The van der Waals surface area contributed by atoms with Crippen LogP contribution < -0.4 is 16.2 Å². The normalized spacial score (nSPS) is 10.6. The van der Waals surface area contributed by atoms with Crippen molar-refractivity contribution in [3.05, 3.63) is 50.9 Å². The summed E-state index contributed by atoms with van der Waals surface area (Å²) in [6, 6.07) is 7.16. The molecule has 0 aliphatic heterocycles. The van der Waals surface area contributed by atoms with E-state index in [-0.39, 0.29) is 11.5 Å². The lowest BCUT2D eigenvalue weighted by atomic mass is 10.3. The Morgan fingerprint density at radius 2 is 2.08 bits per heavy atom. The molecule has 3 aromatic rings. The summed E-state index contributed by atoms with van der Waals surface area (Å²) in [6.07, 6.45) is 0. The number of amides is 1. The second-order valence-corrected chi connectivity index (χ2v) is 6.78. The zero-order valence-corrected chi connectivity index (χ0v) is 14.7. The molecule has 3 rings (SSSR count). The van der Waals surface area contributed by atoms with Crippen LogP contribution in [0.2, 0.25) is 0 Å². The number of aromatic amines is 2. The van der Waals surface area contributed by atoms with Gasteiger partial charge in [-0.15, -0.1) is 11.3 Å². The molecule has 130 valence electrons. The van der Waals surface area contributed by atoms with Crippen molar-refractivity contribution in [2.75, 3.05) is 18.4 Å². The number of aryl methyl sites for hydroxylation is 2. The van der Waals surface area contributed by atoms with Gasteiger partial charge in [0.15, 0.2) is 5.69 Å². The minimum atomic E-state index is -0.261. The van der Waals surface area contributed by atoms with Crippen molar-refractivity contribution >= 4 is 23.2 Å². The first-order valence-corrected chi connectivity index (χ1v) is 8.55. The molecule has 1 amide bonds. The number of anilines is 1. The molecule has 0 saturated heterocycles. The summed E-state index contributed by atoms with van der Waals surface area (Å²) in [5, 5.41) is 12.7. The fourth-order valence-corrected chi connectivity index (χ4v) is 3.09. The van der Waals surface area contributed by atoms with Gasteiger partial charge < -0.3 is 10.6 Å². The van der Waals surface area contributed by atoms with Crippen molar-refractivity contribution in [1.29, 1.82) is 0 Å². The Hall–Kier alpha value is -2.94. The number of aromatic nitrogens is 4. The zero-order chi connectivity index (χ0) is 17.8. The van der Waals surface area contributed by atoms with Crippen molar-refractivity contribution in [1.82, 2.24) is 25.5 Å². The van der Waals surface area contributed by atoms with Crippen molar-refractivity contribution in [2.24, 2.45) is 0 Å². The lowest BCUT2D eigenvalue weighted by Gasteiger charge is -2.06. The SMILES string of the molecule is Cc1cc(=O)[nH]c(NCCNC(=O)c2cc(-c3ccc(C)s3)[nH]n2)n1. The molecule has 0 aliphatic carbocycles. The number of nitrogens with one attached hydrogen (secondary N) is 4. The summed E-state index contributed by atoms with van der Waals surface area (Å²) in [7, 11) is 0. The van der Waals surface area contributed by atoms with Crippen LogP contribution in [0, 0.1) is 13.8 Å². The van der Waals surface area contributed by atoms with Crippen molar-refractivity contribution < 1.29 is 4.79 Å². The highest BCUT2D eigenvalue weighted by atomic mass is 32.1. The van der Waals surface area contributed by atoms with Gasteiger partial charge in [0.1, 0.15) is 0 Å². The summed E-state index contributed by atoms with van der Waals surface area (Å²) in [5.74, 6) is 0.123. The largest absolute Gasteiger partial charge is 0.354 e. The Kier molecular flexibility index (Phi) is 4.94. The molecule has 3 heterocycles. The lowest BCUT2D eigenvalue weighted by molar-refractivity contribution is 0.0950. The molecular formula is C16H18N6O2S. The van der Waals surface area contributed by atoms with Gasteiger partial charge in [-0.25, -0.2) is 4.98 Å². The van der Waals surface area contributed by atoms with E-state index in [1.54, 1.807) is 24.3 Å². The van der Waals surface area contributed by atoms with E-state index in [2.05, 4.69) is 30.8 Å². The molecule has 3 aromatic heterocycles. The molecule has 0 unspecified atom stereocenters. The van der Waals surface area contributed by atoms with Crippen molar-refractivity contribution in [3.8, 4) is 10.6 Å². The Balaban J connectivity index is 1.51. The van der Waals surface area contributed by atoms with Crippen LogP contribution >= 0.6 is 11.3 Å². The molecular weight excluding hydrogens is 340 g/mol. The summed E-state index contributed by atoms with van der Waals surface area (Å²) in [4.78, 5) is 32.4. The van der Waals surface area contributed by atoms with Crippen LogP contribution in [-0.4, -0.2) is 39.2 Å². The lowest BCUT2D eigenvalue weighted by Crippen LogP contribution is -2.29. The van der Waals surface area contributed by atoms with Gasteiger partial charge in [-0.2, -0.15) is 5.10 Å². The number of H-pyrrole nitrogens is 2. The first-order valence-electron chi connectivity index (χ1n) is 7.73. The molecule has 0 spiro atoms. The smallest absolute Gasteiger partial charge is 0.271 e. The average molecular weight is 358 g/mol. The van der Waals surface area contributed by atoms with Gasteiger partial charge >= 0.3 is 0 Å². The van der Waals surface area contributed by atoms with Gasteiger partial charge in [-0.05, 0) is 32.0 Å². The van der Waals surface area contributed by atoms with Gasteiger partial charge in [-0.3, -0.25) is 19.7 Å². The number of thiophene rings is 1. The van der Waals surface area contributed by atoms with E-state index in [9.17, 15) is 9.59 Å². The number of rotatable bonds is 6. The molecule has 0 radical (unpaired) electrons. The maximum atomic E-state index is 12.1. The van der Waals surface area contributed by atoms with E-state index in [1.165, 1.54) is 10.9 Å². The highest BCUT2D eigenvalue weighted by Crippen LogP contribution is 2.26. The summed E-state index contributed by atoms with van der Waals surface area (Å²) in [6.45, 7) is 4.57. The van der Waals surface area contributed by atoms with Crippen molar-refractivity contribution in [2.45, 2.75) is 13.8 Å². The Labute approximate surface area is 147 Å². The number of nitrogens with zero attached hydrogens (tertiary/aromatic N) is 2. The van der Waals surface area contributed by atoms with Crippen LogP contribution in [0.3, 0.4) is 0 Å². The van der Waals surface area contributed by atoms with Crippen LogP contribution in [0.4, 0.5) is 5.95 Å². The quantitative estimate of drug-likeness (QED) is 0.500. The topological polar surface area (TPSA) is 116 Å². The fourth-order valence-electron chi connectivity index (χ4n) is 2.25. The third-order valence-electron chi connectivity index (χ3n) is 3.39. The first-order chi connectivity index (χ1) is 12.0. The molecule has 0 saturated carbocycles. The standard InChI is InChI=1S/C16H18N6O2S/c1-9-7-14(23)20-16(19-9)18-6-5-17-15(24)12-8-11(21-22-12)13-4-3-10(2)25-13/h3-4,7-8H,5-6H2,1-2H3,(H,17,24)(H,21,22)(H2,18,19,20,23). The van der Waals surface area contributed by atoms with Crippen LogP contribution in [0.25, 0.3) is 10.6 Å². The monoisotopic (exact) mass is 358 g/mol. The third kappa shape index (κ3) is 4.32. The summed E-state index contributed by atoms with van der Waals surface area (Å²) < 4.78 is 0. The Morgan fingerprint density at radius 1 is 1.24 bits per heavy atom. The Morgan fingerprint density at radius 3 is 2.80 bits per heavy atom. The number of hydrogen-bond donors (Lipinski definition) is 4. The molecule has 9 heteroatoms. The maximum absolute atomic E-state index is 12.1. The Bertz CT molecular complexity index is 942. The van der Waals surface area contributed by atoms with Crippen LogP contribution in [0.1, 0.15) is 21.1 Å². The predicted molar refractivity (Wildman–Crippen MR) is 97.1 cm³/mol.